The summed E-state index contributed by atoms with van der Waals surface area (Å²) in [4.78, 5) is 0. The van der Waals surface area contributed by atoms with Crippen LogP contribution in [0.15, 0.2) is 0 Å². The molecule has 2 fully saturated rings. The third kappa shape index (κ3) is 2.96. The molecular formula is C13H25NO2. The van der Waals surface area contributed by atoms with Crippen molar-refractivity contribution in [3.63, 3.8) is 0 Å². The van der Waals surface area contributed by atoms with E-state index in [-0.39, 0.29) is 0 Å². The van der Waals surface area contributed by atoms with E-state index in [2.05, 4.69) is 19.3 Å². The Hall–Kier alpha value is -0.120. The van der Waals surface area contributed by atoms with Gasteiger partial charge in [-0.1, -0.05) is 0 Å². The Morgan fingerprint density at radius 1 is 1.19 bits per heavy atom. The van der Waals surface area contributed by atoms with Gasteiger partial charge in [-0.05, 0) is 45.6 Å². The summed E-state index contributed by atoms with van der Waals surface area (Å²) in [5, 5.41) is 3.50. The van der Waals surface area contributed by atoms with Crippen LogP contribution in [0.25, 0.3) is 0 Å². The maximum absolute atomic E-state index is 5.67. The minimum Gasteiger partial charge on any atom is -0.381 e. The summed E-state index contributed by atoms with van der Waals surface area (Å²) in [7, 11) is 2.09. The average Bonchev–Trinajstić information content (AvgIpc) is 2.74. The molecule has 2 saturated heterocycles. The Labute approximate surface area is 98.9 Å². The molecule has 0 aromatic heterocycles. The van der Waals surface area contributed by atoms with Crippen LogP contribution in [0.3, 0.4) is 0 Å². The van der Waals surface area contributed by atoms with E-state index in [1.807, 2.05) is 0 Å². The van der Waals surface area contributed by atoms with Gasteiger partial charge in [0.25, 0.3) is 0 Å². The molecule has 0 radical (unpaired) electrons. The van der Waals surface area contributed by atoms with E-state index in [1.165, 1.54) is 25.7 Å². The van der Waals surface area contributed by atoms with Gasteiger partial charge in [0.1, 0.15) is 0 Å². The van der Waals surface area contributed by atoms with Crippen LogP contribution in [-0.2, 0) is 9.47 Å². The maximum Gasteiger partial charge on any atom is 0.0590 e. The molecule has 3 heteroatoms. The van der Waals surface area contributed by atoms with Crippen LogP contribution in [0.5, 0.6) is 0 Å². The van der Waals surface area contributed by atoms with Crippen molar-refractivity contribution in [3.05, 3.63) is 0 Å². The molecule has 2 heterocycles. The molecule has 1 N–H and O–H groups in total. The van der Waals surface area contributed by atoms with Gasteiger partial charge in [0.15, 0.2) is 0 Å². The molecule has 2 aliphatic rings. The first-order valence-corrected chi connectivity index (χ1v) is 6.68. The number of ether oxygens (including phenoxy) is 2. The van der Waals surface area contributed by atoms with Gasteiger partial charge in [-0.2, -0.15) is 0 Å². The highest BCUT2D eigenvalue weighted by Crippen LogP contribution is 2.29. The molecule has 3 atom stereocenters. The molecule has 0 saturated carbocycles. The highest BCUT2D eigenvalue weighted by Gasteiger charge is 2.32. The molecule has 94 valence electrons. The first kappa shape index (κ1) is 12.3. The molecule has 0 spiro atoms. The predicted molar refractivity (Wildman–Crippen MR) is 64.5 cm³/mol. The van der Waals surface area contributed by atoms with Crippen LogP contribution in [-0.4, -0.2) is 39.0 Å². The molecule has 2 rings (SSSR count). The minimum absolute atomic E-state index is 0.428. The molecule has 16 heavy (non-hydrogen) atoms. The number of nitrogens with one attached hydrogen (secondary N) is 1. The highest BCUT2D eigenvalue weighted by molar-refractivity contribution is 4.85. The summed E-state index contributed by atoms with van der Waals surface area (Å²) in [6, 6.07) is 0.626. The van der Waals surface area contributed by atoms with Crippen molar-refractivity contribution < 1.29 is 9.47 Å². The molecule has 3 nitrogen and oxygen atoms in total. The molecule has 3 unspecified atom stereocenters. The van der Waals surface area contributed by atoms with E-state index in [0.717, 1.165) is 25.7 Å². The smallest absolute Gasteiger partial charge is 0.0590 e. The zero-order chi connectivity index (χ0) is 11.4. The standard InChI is InChI=1S/C13H25NO2/c1-10-12(5-8-16-10)13(14-2)9-11-3-6-15-7-4-11/h10-14H,3-9H2,1-2H3. The Bertz CT molecular complexity index is 204. The SMILES string of the molecule is CNC(CC1CCOCC1)C1CCOC1C. The molecule has 0 aromatic carbocycles. The van der Waals surface area contributed by atoms with Crippen molar-refractivity contribution in [1.29, 1.82) is 0 Å². The molecular weight excluding hydrogens is 202 g/mol. The lowest BCUT2D eigenvalue weighted by Crippen LogP contribution is -2.39. The van der Waals surface area contributed by atoms with Gasteiger partial charge in [-0.3, -0.25) is 0 Å². The number of hydrogen-bond acceptors (Lipinski definition) is 3. The van der Waals surface area contributed by atoms with Gasteiger partial charge in [0.05, 0.1) is 6.10 Å². The summed E-state index contributed by atoms with van der Waals surface area (Å²) < 4.78 is 11.1. The van der Waals surface area contributed by atoms with Crippen molar-refractivity contribution >= 4 is 0 Å². The number of hydrogen-bond donors (Lipinski definition) is 1. The van der Waals surface area contributed by atoms with Crippen LogP contribution >= 0.6 is 0 Å². The Balaban J connectivity index is 1.84. The minimum atomic E-state index is 0.428. The molecule has 0 bridgehead atoms. The lowest BCUT2D eigenvalue weighted by atomic mass is 9.84. The van der Waals surface area contributed by atoms with Crippen molar-refractivity contribution in [1.82, 2.24) is 5.32 Å². The number of rotatable bonds is 4. The van der Waals surface area contributed by atoms with E-state index in [0.29, 0.717) is 18.1 Å². The van der Waals surface area contributed by atoms with Crippen LogP contribution in [0.4, 0.5) is 0 Å². The Kier molecular flexibility index (Phi) is 4.62. The average molecular weight is 227 g/mol. The predicted octanol–water partition coefficient (Wildman–Crippen LogP) is 1.82. The molecule has 0 amide bonds. The molecule has 0 aliphatic carbocycles. The summed E-state index contributed by atoms with van der Waals surface area (Å²) in [5.41, 5.74) is 0. The van der Waals surface area contributed by atoms with Crippen molar-refractivity contribution in [2.45, 2.75) is 44.8 Å². The summed E-state index contributed by atoms with van der Waals surface area (Å²) in [5.74, 6) is 1.55. The van der Waals surface area contributed by atoms with E-state index in [1.54, 1.807) is 0 Å². The molecule has 0 aromatic rings. The van der Waals surface area contributed by atoms with Gasteiger partial charge in [0.2, 0.25) is 0 Å². The van der Waals surface area contributed by atoms with Crippen LogP contribution < -0.4 is 5.32 Å². The second kappa shape index (κ2) is 5.99. The van der Waals surface area contributed by atoms with Crippen LogP contribution in [0, 0.1) is 11.8 Å². The van der Waals surface area contributed by atoms with E-state index >= 15 is 0 Å². The Morgan fingerprint density at radius 2 is 1.94 bits per heavy atom. The molecule has 2 aliphatic heterocycles. The van der Waals surface area contributed by atoms with Gasteiger partial charge in [0, 0.05) is 31.8 Å². The van der Waals surface area contributed by atoms with Gasteiger partial charge < -0.3 is 14.8 Å². The third-order valence-corrected chi connectivity index (χ3v) is 4.25. The fourth-order valence-corrected chi connectivity index (χ4v) is 3.12. The van der Waals surface area contributed by atoms with E-state index in [4.69, 9.17) is 9.47 Å². The zero-order valence-corrected chi connectivity index (χ0v) is 10.6. The van der Waals surface area contributed by atoms with Crippen LogP contribution in [0.1, 0.15) is 32.6 Å². The highest BCUT2D eigenvalue weighted by atomic mass is 16.5. The maximum atomic E-state index is 5.67. The van der Waals surface area contributed by atoms with Gasteiger partial charge in [-0.25, -0.2) is 0 Å². The van der Waals surface area contributed by atoms with E-state index < -0.39 is 0 Å². The fraction of sp³-hybridized carbons (Fsp3) is 1.00. The van der Waals surface area contributed by atoms with Crippen molar-refractivity contribution in [2.75, 3.05) is 26.9 Å². The van der Waals surface area contributed by atoms with Gasteiger partial charge in [-0.15, -0.1) is 0 Å². The van der Waals surface area contributed by atoms with E-state index in [9.17, 15) is 0 Å². The topological polar surface area (TPSA) is 30.5 Å². The first-order chi connectivity index (χ1) is 7.81. The van der Waals surface area contributed by atoms with Crippen molar-refractivity contribution in [2.24, 2.45) is 11.8 Å². The summed E-state index contributed by atoms with van der Waals surface area (Å²) >= 11 is 0. The van der Waals surface area contributed by atoms with Gasteiger partial charge >= 0.3 is 0 Å². The summed E-state index contributed by atoms with van der Waals surface area (Å²) in [6.45, 7) is 5.07. The normalized spacial score (nSPS) is 34.1. The first-order valence-electron chi connectivity index (χ1n) is 6.68. The largest absolute Gasteiger partial charge is 0.381 e. The second-order valence-electron chi connectivity index (χ2n) is 5.22. The lowest BCUT2D eigenvalue weighted by molar-refractivity contribution is 0.0525. The summed E-state index contributed by atoms with van der Waals surface area (Å²) in [6.07, 6.45) is 5.41. The zero-order valence-electron chi connectivity index (χ0n) is 10.6. The Morgan fingerprint density at radius 3 is 2.50 bits per heavy atom. The fourth-order valence-electron chi connectivity index (χ4n) is 3.12. The monoisotopic (exact) mass is 227 g/mol. The quantitative estimate of drug-likeness (QED) is 0.794. The lowest BCUT2D eigenvalue weighted by Gasteiger charge is -2.31. The second-order valence-corrected chi connectivity index (χ2v) is 5.22. The third-order valence-electron chi connectivity index (χ3n) is 4.25. The van der Waals surface area contributed by atoms with Crippen molar-refractivity contribution in [3.8, 4) is 0 Å². The van der Waals surface area contributed by atoms with Crippen LogP contribution in [0.2, 0.25) is 0 Å².